The Morgan fingerprint density at radius 1 is 0.848 bits per heavy atom. The number of aromatic nitrogens is 4. The Hall–Kier alpha value is -2.43. The standard InChI is InChI=1S/C28H42N4O/c1-2-3-4-5-6-7-8-9-10-11-12-13-15-19-25-20-18-23-27(24-25)33-28-29-30-31-32(28)26-21-16-14-17-22-26/h14,16-18,20-23,27H,2-13,15,19,24H2,1H3. The summed E-state index contributed by atoms with van der Waals surface area (Å²) in [7, 11) is 0. The normalized spacial score (nSPS) is 15.5. The molecule has 0 amide bonds. The number of rotatable bonds is 17. The van der Waals surface area contributed by atoms with Gasteiger partial charge in [0, 0.05) is 6.42 Å². The van der Waals surface area contributed by atoms with Gasteiger partial charge in [-0.3, -0.25) is 0 Å². The minimum absolute atomic E-state index is 0.0135. The molecule has 0 bridgehead atoms. The van der Waals surface area contributed by atoms with Crippen molar-refractivity contribution in [1.82, 2.24) is 20.2 Å². The van der Waals surface area contributed by atoms with Crippen LogP contribution < -0.4 is 4.74 Å². The zero-order valence-electron chi connectivity index (χ0n) is 20.5. The van der Waals surface area contributed by atoms with Gasteiger partial charge in [-0.05, 0) is 41.5 Å². The number of benzene rings is 1. The zero-order valence-corrected chi connectivity index (χ0v) is 20.5. The molecule has 180 valence electrons. The van der Waals surface area contributed by atoms with Crippen molar-refractivity contribution in [2.24, 2.45) is 0 Å². The summed E-state index contributed by atoms with van der Waals surface area (Å²) in [6.07, 6.45) is 26.6. The predicted molar refractivity (Wildman–Crippen MR) is 136 cm³/mol. The Bertz CT molecular complexity index is 827. The van der Waals surface area contributed by atoms with Crippen LogP contribution >= 0.6 is 0 Å². The minimum Gasteiger partial charge on any atom is -0.454 e. The van der Waals surface area contributed by atoms with Crippen molar-refractivity contribution in [1.29, 1.82) is 0 Å². The van der Waals surface area contributed by atoms with E-state index in [0.29, 0.717) is 6.01 Å². The van der Waals surface area contributed by atoms with Gasteiger partial charge in [0.1, 0.15) is 6.10 Å². The lowest BCUT2D eigenvalue weighted by atomic mass is 9.96. The molecule has 0 aliphatic heterocycles. The highest BCUT2D eigenvalue weighted by Crippen LogP contribution is 2.23. The summed E-state index contributed by atoms with van der Waals surface area (Å²) in [5, 5.41) is 12.0. The number of para-hydroxylation sites is 1. The highest BCUT2D eigenvalue weighted by atomic mass is 16.5. The lowest BCUT2D eigenvalue weighted by Crippen LogP contribution is -2.19. The van der Waals surface area contributed by atoms with Crippen LogP contribution in [-0.4, -0.2) is 26.3 Å². The number of tetrazole rings is 1. The van der Waals surface area contributed by atoms with Crippen molar-refractivity contribution in [3.05, 3.63) is 54.1 Å². The van der Waals surface area contributed by atoms with E-state index in [1.807, 2.05) is 30.3 Å². The van der Waals surface area contributed by atoms with Crippen LogP contribution in [0.15, 0.2) is 54.1 Å². The zero-order chi connectivity index (χ0) is 23.0. The van der Waals surface area contributed by atoms with Crippen LogP contribution in [0.3, 0.4) is 0 Å². The Morgan fingerprint density at radius 2 is 1.48 bits per heavy atom. The van der Waals surface area contributed by atoms with Crippen LogP contribution in [0.4, 0.5) is 0 Å². The number of unbranched alkanes of at least 4 members (excludes halogenated alkanes) is 12. The molecule has 5 heteroatoms. The Morgan fingerprint density at radius 3 is 2.15 bits per heavy atom. The molecule has 33 heavy (non-hydrogen) atoms. The second-order valence-electron chi connectivity index (χ2n) is 9.27. The fourth-order valence-corrected chi connectivity index (χ4v) is 4.47. The first-order valence-corrected chi connectivity index (χ1v) is 13.2. The number of nitrogens with zero attached hydrogens (tertiary/aromatic N) is 4. The first-order chi connectivity index (χ1) is 16.4. The molecule has 2 aromatic rings. The van der Waals surface area contributed by atoms with Gasteiger partial charge in [0.25, 0.3) is 0 Å². The molecule has 1 heterocycles. The molecule has 0 fully saturated rings. The van der Waals surface area contributed by atoms with E-state index in [1.165, 1.54) is 89.0 Å². The van der Waals surface area contributed by atoms with Crippen molar-refractivity contribution >= 4 is 0 Å². The van der Waals surface area contributed by atoms with Gasteiger partial charge in [-0.1, -0.05) is 125 Å². The molecule has 1 unspecified atom stereocenters. The molecule has 0 radical (unpaired) electrons. The van der Waals surface area contributed by atoms with E-state index in [4.69, 9.17) is 4.74 Å². The molecule has 1 aliphatic rings. The summed E-state index contributed by atoms with van der Waals surface area (Å²) >= 11 is 0. The molecule has 0 spiro atoms. The molecular formula is C28H42N4O. The molecule has 5 nitrogen and oxygen atoms in total. The summed E-state index contributed by atoms with van der Waals surface area (Å²) in [6.45, 7) is 2.29. The number of hydrogen-bond acceptors (Lipinski definition) is 4. The van der Waals surface area contributed by atoms with Gasteiger partial charge in [-0.2, -0.15) is 4.68 Å². The second kappa shape index (κ2) is 15.4. The lowest BCUT2D eigenvalue weighted by molar-refractivity contribution is 0.220. The van der Waals surface area contributed by atoms with Gasteiger partial charge in [0.2, 0.25) is 0 Å². The molecule has 0 saturated heterocycles. The molecule has 1 aliphatic carbocycles. The summed E-state index contributed by atoms with van der Waals surface area (Å²) in [4.78, 5) is 0. The van der Waals surface area contributed by atoms with E-state index in [9.17, 15) is 0 Å². The van der Waals surface area contributed by atoms with Gasteiger partial charge in [0.05, 0.1) is 5.69 Å². The average Bonchev–Trinajstić information content (AvgIpc) is 3.31. The predicted octanol–water partition coefficient (Wildman–Crippen LogP) is 7.78. The molecule has 0 N–H and O–H groups in total. The summed E-state index contributed by atoms with van der Waals surface area (Å²) < 4.78 is 7.78. The minimum atomic E-state index is -0.0135. The van der Waals surface area contributed by atoms with Crippen LogP contribution in [-0.2, 0) is 0 Å². The van der Waals surface area contributed by atoms with E-state index in [-0.39, 0.29) is 6.10 Å². The van der Waals surface area contributed by atoms with Crippen LogP contribution in [0.1, 0.15) is 103 Å². The number of hydrogen-bond donors (Lipinski definition) is 0. The fraction of sp³-hybridized carbons (Fsp3) is 0.607. The topological polar surface area (TPSA) is 52.8 Å². The van der Waals surface area contributed by atoms with Gasteiger partial charge >= 0.3 is 6.01 Å². The average molecular weight is 451 g/mol. The van der Waals surface area contributed by atoms with Gasteiger partial charge in [-0.25, -0.2) is 0 Å². The highest BCUT2D eigenvalue weighted by Gasteiger charge is 2.17. The van der Waals surface area contributed by atoms with Gasteiger partial charge in [0.15, 0.2) is 0 Å². The number of allylic oxidation sites excluding steroid dienone is 2. The molecule has 1 atom stereocenters. The molecule has 0 saturated carbocycles. The maximum absolute atomic E-state index is 6.13. The van der Waals surface area contributed by atoms with Crippen LogP contribution in [0.25, 0.3) is 5.69 Å². The molecule has 1 aromatic carbocycles. The largest absolute Gasteiger partial charge is 0.454 e. The van der Waals surface area contributed by atoms with E-state index >= 15 is 0 Å². The SMILES string of the molecule is CCCCCCCCCCCCCCCC1=CC=CC(Oc2nnnn2-c2ccccc2)C1. The fourth-order valence-electron chi connectivity index (χ4n) is 4.47. The van der Waals surface area contributed by atoms with E-state index in [1.54, 1.807) is 4.68 Å². The monoisotopic (exact) mass is 450 g/mol. The van der Waals surface area contributed by atoms with Crippen LogP contribution in [0.5, 0.6) is 6.01 Å². The first kappa shape index (κ1) is 25.2. The quantitative estimate of drug-likeness (QED) is 0.231. The molecular weight excluding hydrogens is 408 g/mol. The third kappa shape index (κ3) is 9.53. The third-order valence-electron chi connectivity index (χ3n) is 6.42. The van der Waals surface area contributed by atoms with Gasteiger partial charge < -0.3 is 4.74 Å². The van der Waals surface area contributed by atoms with E-state index in [2.05, 4.69) is 40.7 Å². The number of ether oxygens (including phenoxy) is 1. The second-order valence-corrected chi connectivity index (χ2v) is 9.27. The summed E-state index contributed by atoms with van der Waals surface area (Å²) in [5.41, 5.74) is 2.37. The van der Waals surface area contributed by atoms with E-state index in [0.717, 1.165) is 18.5 Å². The maximum Gasteiger partial charge on any atom is 0.340 e. The highest BCUT2D eigenvalue weighted by molar-refractivity contribution is 5.32. The smallest absolute Gasteiger partial charge is 0.340 e. The Labute approximate surface area is 200 Å². The molecule has 3 rings (SSSR count). The van der Waals surface area contributed by atoms with E-state index < -0.39 is 0 Å². The molecule has 1 aromatic heterocycles. The summed E-state index contributed by atoms with van der Waals surface area (Å²) in [5.74, 6) is 0. The Kier molecular flexibility index (Phi) is 11.8. The van der Waals surface area contributed by atoms with Crippen LogP contribution in [0.2, 0.25) is 0 Å². The van der Waals surface area contributed by atoms with Crippen molar-refractivity contribution in [3.63, 3.8) is 0 Å². The first-order valence-electron chi connectivity index (χ1n) is 13.2. The van der Waals surface area contributed by atoms with Crippen molar-refractivity contribution in [2.45, 2.75) is 109 Å². The maximum atomic E-state index is 6.13. The third-order valence-corrected chi connectivity index (χ3v) is 6.42. The Balaban J connectivity index is 1.24. The lowest BCUT2D eigenvalue weighted by Gasteiger charge is -2.19. The van der Waals surface area contributed by atoms with Crippen LogP contribution in [0, 0.1) is 0 Å². The summed E-state index contributed by atoms with van der Waals surface area (Å²) in [6, 6.07) is 10.3. The van der Waals surface area contributed by atoms with Gasteiger partial charge in [-0.15, -0.1) is 0 Å². The van der Waals surface area contributed by atoms with Crippen molar-refractivity contribution in [2.75, 3.05) is 0 Å². The van der Waals surface area contributed by atoms with Crippen molar-refractivity contribution in [3.8, 4) is 11.7 Å². The van der Waals surface area contributed by atoms with Crippen molar-refractivity contribution < 1.29 is 4.74 Å².